The molecule has 1 aliphatic carbocycles. The minimum Gasteiger partial charge on any atom is -0.444 e. The lowest BCUT2D eigenvalue weighted by Gasteiger charge is -2.34. The summed E-state index contributed by atoms with van der Waals surface area (Å²) < 4.78 is 5.31. The molecule has 4 heteroatoms. The van der Waals surface area contributed by atoms with Crippen LogP contribution in [0, 0.1) is 17.8 Å². The summed E-state index contributed by atoms with van der Waals surface area (Å²) in [5.41, 5.74) is -0.442. The molecule has 1 amide bonds. The predicted molar refractivity (Wildman–Crippen MR) is 59.0 cm³/mol. The molecule has 2 aliphatic rings. The van der Waals surface area contributed by atoms with Crippen molar-refractivity contribution < 1.29 is 14.3 Å². The molecule has 0 radical (unpaired) electrons. The smallest absolute Gasteiger partial charge is 0.410 e. The average molecular weight is 225 g/mol. The second-order valence-corrected chi connectivity index (χ2v) is 5.84. The number of rotatable bonds is 1. The number of fused-ring (bicyclic) bond motifs is 1. The van der Waals surface area contributed by atoms with Crippen LogP contribution < -0.4 is 0 Å². The first-order valence-electron chi connectivity index (χ1n) is 5.84. The van der Waals surface area contributed by atoms with Crippen LogP contribution in [0.4, 0.5) is 4.79 Å². The molecule has 1 heterocycles. The van der Waals surface area contributed by atoms with E-state index in [1.807, 2.05) is 20.8 Å². The zero-order valence-electron chi connectivity index (χ0n) is 10.1. The molecule has 1 saturated carbocycles. The molecular formula is C12H19NO3. The highest BCUT2D eigenvalue weighted by Crippen LogP contribution is 2.44. The SMILES string of the molecule is CC(C)(C)OC(=O)N1CC2CC(C=O)C2C1. The van der Waals surface area contributed by atoms with E-state index in [-0.39, 0.29) is 12.0 Å². The van der Waals surface area contributed by atoms with Gasteiger partial charge in [0.15, 0.2) is 0 Å². The standard InChI is InChI=1S/C12H19NO3/c1-12(2,3)16-11(15)13-5-8-4-9(7-14)10(8)6-13/h7-10H,4-6H2,1-3H3. The third kappa shape index (κ3) is 2.06. The summed E-state index contributed by atoms with van der Waals surface area (Å²) in [7, 11) is 0. The normalized spacial score (nSPS) is 32.9. The van der Waals surface area contributed by atoms with Crippen LogP contribution >= 0.6 is 0 Å². The molecule has 1 aliphatic heterocycles. The van der Waals surface area contributed by atoms with Crippen LogP contribution in [-0.2, 0) is 9.53 Å². The van der Waals surface area contributed by atoms with Gasteiger partial charge in [0.2, 0.25) is 0 Å². The lowest BCUT2D eigenvalue weighted by Crippen LogP contribution is -2.36. The van der Waals surface area contributed by atoms with E-state index in [9.17, 15) is 9.59 Å². The predicted octanol–water partition coefficient (Wildman–Crippen LogP) is 1.69. The molecule has 1 saturated heterocycles. The van der Waals surface area contributed by atoms with Crippen molar-refractivity contribution in [1.29, 1.82) is 0 Å². The van der Waals surface area contributed by atoms with Crippen LogP contribution in [0.3, 0.4) is 0 Å². The minimum absolute atomic E-state index is 0.164. The van der Waals surface area contributed by atoms with Gasteiger partial charge in [-0.25, -0.2) is 4.79 Å². The van der Waals surface area contributed by atoms with E-state index in [1.54, 1.807) is 4.90 Å². The number of nitrogens with zero attached hydrogens (tertiary/aromatic N) is 1. The van der Waals surface area contributed by atoms with Crippen molar-refractivity contribution in [2.75, 3.05) is 13.1 Å². The highest BCUT2D eigenvalue weighted by Gasteiger charge is 2.48. The highest BCUT2D eigenvalue weighted by atomic mass is 16.6. The summed E-state index contributed by atoms with van der Waals surface area (Å²) in [6.45, 7) is 7.03. The molecule has 90 valence electrons. The molecule has 0 spiro atoms. The van der Waals surface area contributed by atoms with Gasteiger partial charge in [0.1, 0.15) is 11.9 Å². The first-order chi connectivity index (χ1) is 7.40. The molecule has 2 rings (SSSR count). The summed E-state index contributed by atoms with van der Waals surface area (Å²) in [5.74, 6) is 1.06. The van der Waals surface area contributed by atoms with Crippen molar-refractivity contribution in [2.45, 2.75) is 32.8 Å². The van der Waals surface area contributed by atoms with Crippen molar-refractivity contribution in [3.63, 3.8) is 0 Å². The summed E-state index contributed by atoms with van der Waals surface area (Å²) >= 11 is 0. The maximum Gasteiger partial charge on any atom is 0.410 e. The number of hydrogen-bond donors (Lipinski definition) is 0. The molecule has 0 bridgehead atoms. The molecule has 0 aromatic rings. The van der Waals surface area contributed by atoms with Gasteiger partial charge in [-0.15, -0.1) is 0 Å². The molecular weight excluding hydrogens is 206 g/mol. The third-order valence-electron chi connectivity index (χ3n) is 3.44. The third-order valence-corrected chi connectivity index (χ3v) is 3.44. The van der Waals surface area contributed by atoms with Crippen LogP contribution in [-0.4, -0.2) is 36.0 Å². The van der Waals surface area contributed by atoms with Gasteiger partial charge in [0.05, 0.1) is 0 Å². The van der Waals surface area contributed by atoms with Gasteiger partial charge in [0.25, 0.3) is 0 Å². The van der Waals surface area contributed by atoms with Crippen LogP contribution in [0.5, 0.6) is 0 Å². The van der Waals surface area contributed by atoms with Gasteiger partial charge < -0.3 is 14.4 Å². The lowest BCUT2D eigenvalue weighted by atomic mass is 9.67. The zero-order chi connectivity index (χ0) is 11.9. The van der Waals surface area contributed by atoms with Gasteiger partial charge in [-0.2, -0.15) is 0 Å². The molecule has 0 aromatic carbocycles. The second kappa shape index (κ2) is 3.75. The van der Waals surface area contributed by atoms with Crippen LogP contribution in [0.1, 0.15) is 27.2 Å². The largest absolute Gasteiger partial charge is 0.444 e. The number of carbonyl (C=O) groups excluding carboxylic acids is 2. The number of ether oxygens (including phenoxy) is 1. The fourth-order valence-electron chi connectivity index (χ4n) is 2.59. The first kappa shape index (κ1) is 11.4. The Morgan fingerprint density at radius 2 is 2.06 bits per heavy atom. The van der Waals surface area contributed by atoms with E-state index in [1.165, 1.54) is 0 Å². The van der Waals surface area contributed by atoms with E-state index in [0.717, 1.165) is 19.3 Å². The molecule has 4 nitrogen and oxygen atoms in total. The van der Waals surface area contributed by atoms with E-state index in [0.29, 0.717) is 18.4 Å². The van der Waals surface area contributed by atoms with E-state index in [4.69, 9.17) is 4.74 Å². The summed E-state index contributed by atoms with van der Waals surface area (Å²) in [6, 6.07) is 0. The van der Waals surface area contributed by atoms with Crippen molar-refractivity contribution in [3.8, 4) is 0 Å². The summed E-state index contributed by atoms with van der Waals surface area (Å²) in [4.78, 5) is 24.2. The van der Waals surface area contributed by atoms with Gasteiger partial charge >= 0.3 is 6.09 Å². The van der Waals surface area contributed by atoms with Crippen molar-refractivity contribution in [2.24, 2.45) is 17.8 Å². The second-order valence-electron chi connectivity index (χ2n) is 5.84. The quantitative estimate of drug-likeness (QED) is 0.638. The van der Waals surface area contributed by atoms with Gasteiger partial charge in [0, 0.05) is 19.0 Å². The summed E-state index contributed by atoms with van der Waals surface area (Å²) in [5, 5.41) is 0. The maximum absolute atomic E-state index is 11.8. The molecule has 3 atom stereocenters. The Bertz CT molecular complexity index is 308. The average Bonchev–Trinajstić information content (AvgIpc) is 2.43. The Labute approximate surface area is 95.9 Å². The van der Waals surface area contributed by atoms with Gasteiger partial charge in [-0.05, 0) is 39.0 Å². The van der Waals surface area contributed by atoms with Crippen LogP contribution in [0.15, 0.2) is 0 Å². The molecule has 2 fully saturated rings. The first-order valence-corrected chi connectivity index (χ1v) is 5.84. The minimum atomic E-state index is -0.442. The molecule has 0 N–H and O–H groups in total. The monoisotopic (exact) mass is 225 g/mol. The molecule has 0 aromatic heterocycles. The van der Waals surface area contributed by atoms with Crippen LogP contribution in [0.2, 0.25) is 0 Å². The van der Waals surface area contributed by atoms with Crippen molar-refractivity contribution in [3.05, 3.63) is 0 Å². The number of amides is 1. The van der Waals surface area contributed by atoms with E-state index < -0.39 is 5.60 Å². The number of hydrogen-bond acceptors (Lipinski definition) is 3. The fraction of sp³-hybridized carbons (Fsp3) is 0.833. The highest BCUT2D eigenvalue weighted by molar-refractivity contribution is 5.69. The number of carbonyl (C=O) groups is 2. The Morgan fingerprint density at radius 3 is 2.62 bits per heavy atom. The number of aldehydes is 1. The summed E-state index contributed by atoms with van der Waals surface area (Å²) in [6.07, 6.45) is 1.72. The van der Waals surface area contributed by atoms with Crippen molar-refractivity contribution >= 4 is 12.4 Å². The van der Waals surface area contributed by atoms with Gasteiger partial charge in [-0.3, -0.25) is 0 Å². The maximum atomic E-state index is 11.8. The zero-order valence-corrected chi connectivity index (χ0v) is 10.1. The van der Waals surface area contributed by atoms with Crippen molar-refractivity contribution in [1.82, 2.24) is 4.90 Å². The fourth-order valence-corrected chi connectivity index (χ4v) is 2.59. The Balaban J connectivity index is 1.89. The Hall–Kier alpha value is -1.06. The Kier molecular flexibility index (Phi) is 2.68. The van der Waals surface area contributed by atoms with Gasteiger partial charge in [-0.1, -0.05) is 0 Å². The van der Waals surface area contributed by atoms with E-state index >= 15 is 0 Å². The molecule has 3 unspecified atom stereocenters. The lowest BCUT2D eigenvalue weighted by molar-refractivity contribution is -0.116. The topological polar surface area (TPSA) is 46.6 Å². The number of likely N-dealkylation sites (tertiary alicyclic amines) is 1. The van der Waals surface area contributed by atoms with E-state index in [2.05, 4.69) is 0 Å². The Morgan fingerprint density at radius 1 is 1.38 bits per heavy atom. The molecule has 16 heavy (non-hydrogen) atoms. The van der Waals surface area contributed by atoms with Crippen LogP contribution in [0.25, 0.3) is 0 Å².